The van der Waals surface area contributed by atoms with Crippen molar-refractivity contribution in [2.24, 2.45) is 11.8 Å². The van der Waals surface area contributed by atoms with Crippen LogP contribution in [0.25, 0.3) is 0 Å². The zero-order chi connectivity index (χ0) is 27.3. The van der Waals surface area contributed by atoms with Crippen molar-refractivity contribution in [2.45, 2.75) is 118 Å². The average molecular weight is 509 g/mol. The molecular weight excluding hydrogens is 452 g/mol. The van der Waals surface area contributed by atoms with Crippen molar-refractivity contribution in [3.05, 3.63) is 0 Å². The molecule has 0 aliphatic rings. The van der Waals surface area contributed by atoms with Crippen molar-refractivity contribution in [1.82, 2.24) is 0 Å². The molecule has 0 bridgehead atoms. The molecule has 0 aliphatic heterocycles. The molecule has 0 aliphatic carbocycles. The molecule has 0 rings (SSSR count). The first kappa shape index (κ1) is 38.3. The zero-order valence-electron chi connectivity index (χ0n) is 23.2. The Morgan fingerprint density at radius 3 is 1.26 bits per heavy atom. The molecule has 0 radical (unpaired) electrons. The standard InChI is InChI=1S/C22H42O4.C3H8O2.C2H6O2/c1-5-9-13-19(7-3)17-25-21(23)15-11-12-16-22(24)26-18-20(8-4)14-10-6-2;1-3(5)2-4;3-1-2-4/h19-20H,5-18H2,1-4H3;3-5H,2H2,1H3;3-4H,1-2H2. The van der Waals surface area contributed by atoms with Gasteiger partial charge in [-0.15, -0.1) is 0 Å². The molecule has 0 heterocycles. The van der Waals surface area contributed by atoms with Gasteiger partial charge in [-0.3, -0.25) is 9.59 Å². The molecule has 0 amide bonds. The van der Waals surface area contributed by atoms with Crippen LogP contribution < -0.4 is 0 Å². The second kappa shape index (κ2) is 30.8. The van der Waals surface area contributed by atoms with Gasteiger partial charge in [-0.25, -0.2) is 0 Å². The molecule has 212 valence electrons. The van der Waals surface area contributed by atoms with Crippen LogP contribution in [-0.2, 0) is 19.1 Å². The van der Waals surface area contributed by atoms with E-state index in [9.17, 15) is 9.59 Å². The molecule has 3 unspecified atom stereocenters. The summed E-state index contributed by atoms with van der Waals surface area (Å²) in [7, 11) is 0. The minimum absolute atomic E-state index is 0.125. The van der Waals surface area contributed by atoms with E-state index in [0.717, 1.165) is 25.7 Å². The maximum atomic E-state index is 11.8. The number of rotatable bonds is 19. The van der Waals surface area contributed by atoms with E-state index in [0.29, 0.717) is 50.7 Å². The van der Waals surface area contributed by atoms with Crippen molar-refractivity contribution in [1.29, 1.82) is 0 Å². The maximum absolute atomic E-state index is 11.8. The monoisotopic (exact) mass is 508 g/mol. The van der Waals surface area contributed by atoms with E-state index >= 15 is 0 Å². The molecule has 3 atom stereocenters. The van der Waals surface area contributed by atoms with Crippen LogP contribution in [0.2, 0.25) is 0 Å². The van der Waals surface area contributed by atoms with Crippen LogP contribution in [-0.4, -0.2) is 71.5 Å². The largest absolute Gasteiger partial charge is 0.465 e. The molecule has 0 aromatic carbocycles. The van der Waals surface area contributed by atoms with Gasteiger partial charge in [-0.1, -0.05) is 66.2 Å². The fraction of sp³-hybridized carbons (Fsp3) is 0.926. The van der Waals surface area contributed by atoms with Gasteiger partial charge in [0.25, 0.3) is 0 Å². The highest BCUT2D eigenvalue weighted by atomic mass is 16.5. The van der Waals surface area contributed by atoms with Gasteiger partial charge in [0.2, 0.25) is 0 Å². The van der Waals surface area contributed by atoms with Gasteiger partial charge in [-0.05, 0) is 44.4 Å². The third-order valence-corrected chi connectivity index (χ3v) is 5.42. The summed E-state index contributed by atoms with van der Waals surface area (Å²) < 4.78 is 10.8. The van der Waals surface area contributed by atoms with Crippen LogP contribution >= 0.6 is 0 Å². The number of ether oxygens (including phenoxy) is 2. The van der Waals surface area contributed by atoms with Crippen molar-refractivity contribution < 1.29 is 39.5 Å². The summed E-state index contributed by atoms with van der Waals surface area (Å²) in [4.78, 5) is 23.6. The lowest BCUT2D eigenvalue weighted by Crippen LogP contribution is -2.15. The van der Waals surface area contributed by atoms with E-state index in [4.69, 9.17) is 29.9 Å². The fourth-order valence-electron chi connectivity index (χ4n) is 2.90. The summed E-state index contributed by atoms with van der Waals surface area (Å²) in [6, 6.07) is 0. The Kier molecular flexibility index (Phi) is 33.7. The van der Waals surface area contributed by atoms with Crippen LogP contribution in [0, 0.1) is 11.8 Å². The van der Waals surface area contributed by atoms with Crippen LogP contribution in [0.15, 0.2) is 0 Å². The van der Waals surface area contributed by atoms with E-state index in [-0.39, 0.29) is 31.8 Å². The smallest absolute Gasteiger partial charge is 0.305 e. The molecule has 4 N–H and O–H groups in total. The number of hydrogen-bond donors (Lipinski definition) is 4. The number of aliphatic hydroxyl groups is 4. The van der Waals surface area contributed by atoms with E-state index in [2.05, 4.69) is 27.7 Å². The first-order valence-corrected chi connectivity index (χ1v) is 13.6. The molecule has 0 fully saturated rings. The third kappa shape index (κ3) is 32.8. The third-order valence-electron chi connectivity index (χ3n) is 5.42. The van der Waals surface area contributed by atoms with Crippen molar-refractivity contribution in [3.8, 4) is 0 Å². The molecule has 0 aromatic heterocycles. The Balaban J connectivity index is -0.000000963. The van der Waals surface area contributed by atoms with E-state index in [1.807, 2.05) is 0 Å². The fourth-order valence-corrected chi connectivity index (χ4v) is 2.90. The first-order valence-electron chi connectivity index (χ1n) is 13.6. The minimum atomic E-state index is -0.560. The molecule has 0 aromatic rings. The number of aliphatic hydroxyl groups excluding tert-OH is 4. The summed E-state index contributed by atoms with van der Waals surface area (Å²) in [5.41, 5.74) is 0. The molecule has 0 saturated heterocycles. The summed E-state index contributed by atoms with van der Waals surface area (Å²) in [6.45, 7) is 10.9. The van der Waals surface area contributed by atoms with Gasteiger partial charge in [0.15, 0.2) is 0 Å². The van der Waals surface area contributed by atoms with E-state index in [1.165, 1.54) is 32.6 Å². The van der Waals surface area contributed by atoms with E-state index in [1.54, 1.807) is 0 Å². The molecule has 8 nitrogen and oxygen atoms in total. The Bertz CT molecular complexity index is 407. The second-order valence-electron chi connectivity index (χ2n) is 8.88. The molecule has 35 heavy (non-hydrogen) atoms. The number of carbonyl (C=O) groups is 2. The van der Waals surface area contributed by atoms with Gasteiger partial charge >= 0.3 is 11.9 Å². The quantitative estimate of drug-likeness (QED) is 0.149. The minimum Gasteiger partial charge on any atom is -0.465 e. The van der Waals surface area contributed by atoms with Crippen LogP contribution in [0.1, 0.15) is 112 Å². The Hall–Kier alpha value is -1.22. The van der Waals surface area contributed by atoms with Crippen molar-refractivity contribution >= 4 is 11.9 Å². The van der Waals surface area contributed by atoms with Crippen molar-refractivity contribution in [3.63, 3.8) is 0 Å². The molecule has 8 heteroatoms. The lowest BCUT2D eigenvalue weighted by Gasteiger charge is -2.15. The summed E-state index contributed by atoms with van der Waals surface area (Å²) in [6.07, 6.45) is 10.7. The topological polar surface area (TPSA) is 134 Å². The highest BCUT2D eigenvalue weighted by Gasteiger charge is 2.12. The molecule has 0 spiro atoms. The normalized spacial score (nSPS) is 12.8. The summed E-state index contributed by atoms with van der Waals surface area (Å²) >= 11 is 0. The zero-order valence-corrected chi connectivity index (χ0v) is 23.2. The van der Waals surface area contributed by atoms with Gasteiger partial charge < -0.3 is 29.9 Å². The predicted octanol–water partition coefficient (Wildman–Crippen LogP) is 4.40. The van der Waals surface area contributed by atoms with Gasteiger partial charge in [-0.2, -0.15) is 0 Å². The van der Waals surface area contributed by atoms with Crippen LogP contribution in [0.3, 0.4) is 0 Å². The van der Waals surface area contributed by atoms with Crippen molar-refractivity contribution in [2.75, 3.05) is 33.0 Å². The van der Waals surface area contributed by atoms with Gasteiger partial charge in [0.1, 0.15) is 0 Å². The molecule has 0 saturated carbocycles. The highest BCUT2D eigenvalue weighted by Crippen LogP contribution is 2.15. The second-order valence-corrected chi connectivity index (χ2v) is 8.88. The maximum Gasteiger partial charge on any atom is 0.305 e. The Morgan fingerprint density at radius 1 is 0.686 bits per heavy atom. The van der Waals surface area contributed by atoms with Crippen LogP contribution in [0.4, 0.5) is 0 Å². The lowest BCUT2D eigenvalue weighted by atomic mass is 10.0. The summed E-state index contributed by atoms with van der Waals surface area (Å²) in [5.74, 6) is 0.680. The average Bonchev–Trinajstić information content (AvgIpc) is 2.87. The summed E-state index contributed by atoms with van der Waals surface area (Å²) in [5, 5.41) is 31.3. The number of esters is 2. The van der Waals surface area contributed by atoms with Gasteiger partial charge in [0, 0.05) is 12.8 Å². The Labute approximate surface area is 214 Å². The van der Waals surface area contributed by atoms with Crippen LogP contribution in [0.5, 0.6) is 0 Å². The SMILES string of the molecule is CC(O)CO.CCCCC(CC)COC(=O)CCCCC(=O)OCC(CC)CCCC.OCCO. The number of unbranched alkanes of at least 4 members (excludes halogenated alkanes) is 3. The molecular formula is C27H56O8. The number of carbonyl (C=O) groups excluding carboxylic acids is 2. The lowest BCUT2D eigenvalue weighted by molar-refractivity contribution is -0.147. The van der Waals surface area contributed by atoms with E-state index < -0.39 is 6.10 Å². The first-order chi connectivity index (χ1) is 16.7. The highest BCUT2D eigenvalue weighted by molar-refractivity contribution is 5.70. The Morgan fingerprint density at radius 2 is 1.03 bits per heavy atom. The predicted molar refractivity (Wildman–Crippen MR) is 140 cm³/mol. The van der Waals surface area contributed by atoms with Gasteiger partial charge in [0.05, 0.1) is 39.1 Å². The number of hydrogen-bond acceptors (Lipinski definition) is 8.